The van der Waals surface area contributed by atoms with E-state index in [-0.39, 0.29) is 0 Å². The summed E-state index contributed by atoms with van der Waals surface area (Å²) < 4.78 is 2.39. The number of benzene rings is 9. The summed E-state index contributed by atoms with van der Waals surface area (Å²) in [5, 5.41) is 5.00. The molecule has 0 radical (unpaired) electrons. The third-order valence-corrected chi connectivity index (χ3v) is 10.6. The molecular weight excluding hydrogens is 653 g/mol. The van der Waals surface area contributed by atoms with Crippen molar-refractivity contribution in [1.29, 1.82) is 0 Å². The van der Waals surface area contributed by atoms with Crippen LogP contribution in [0.5, 0.6) is 0 Å². The maximum absolute atomic E-state index is 2.41. The second-order valence-corrected chi connectivity index (χ2v) is 13.7. The van der Waals surface area contributed by atoms with Gasteiger partial charge in [0.1, 0.15) is 0 Å². The Morgan fingerprint density at radius 1 is 0.333 bits per heavy atom. The SMILES string of the molecule is c1ccc(-c2ccccc2N(c2ccc(-c3cccc4ccccc34)cc2)c2cccc(-c3cccc4c3c3ccccc3n4-c3ccccc3)c2)cc1. The van der Waals surface area contributed by atoms with Crippen LogP contribution in [-0.4, -0.2) is 4.57 Å². The van der Waals surface area contributed by atoms with E-state index in [0.29, 0.717) is 0 Å². The van der Waals surface area contributed by atoms with Gasteiger partial charge >= 0.3 is 0 Å². The largest absolute Gasteiger partial charge is 0.310 e. The van der Waals surface area contributed by atoms with Gasteiger partial charge in [-0.05, 0) is 93.2 Å². The minimum atomic E-state index is 1.09. The number of rotatable bonds is 7. The molecule has 10 rings (SSSR count). The molecule has 54 heavy (non-hydrogen) atoms. The number of para-hydroxylation sites is 3. The summed E-state index contributed by atoms with van der Waals surface area (Å²) in [5.41, 5.74) is 14.0. The Balaban J connectivity index is 1.16. The minimum absolute atomic E-state index is 1.09. The average Bonchev–Trinajstić information content (AvgIpc) is 3.59. The van der Waals surface area contributed by atoms with Crippen molar-refractivity contribution in [3.8, 4) is 39.1 Å². The smallest absolute Gasteiger partial charge is 0.0547 e. The van der Waals surface area contributed by atoms with Gasteiger partial charge < -0.3 is 9.47 Å². The van der Waals surface area contributed by atoms with Crippen molar-refractivity contribution in [3.63, 3.8) is 0 Å². The van der Waals surface area contributed by atoms with Crippen LogP contribution < -0.4 is 4.90 Å². The summed E-state index contributed by atoms with van der Waals surface area (Å²) in [6.45, 7) is 0. The first-order valence-corrected chi connectivity index (χ1v) is 18.5. The Hall–Kier alpha value is -7.16. The predicted octanol–water partition coefficient (Wildman–Crippen LogP) is 14.4. The monoisotopic (exact) mass is 688 g/mol. The summed E-state index contributed by atoms with van der Waals surface area (Å²) in [6.07, 6.45) is 0. The minimum Gasteiger partial charge on any atom is -0.310 e. The molecule has 254 valence electrons. The lowest BCUT2D eigenvalue weighted by Crippen LogP contribution is -2.11. The molecule has 2 heteroatoms. The molecule has 0 amide bonds. The molecular formula is C52H36N2. The molecule has 0 N–H and O–H groups in total. The Morgan fingerprint density at radius 3 is 1.76 bits per heavy atom. The van der Waals surface area contributed by atoms with Crippen LogP contribution in [0.4, 0.5) is 17.1 Å². The molecule has 10 aromatic rings. The van der Waals surface area contributed by atoms with Gasteiger partial charge in [-0.1, -0.05) is 164 Å². The zero-order chi connectivity index (χ0) is 35.8. The topological polar surface area (TPSA) is 8.17 Å². The van der Waals surface area contributed by atoms with Crippen LogP contribution >= 0.6 is 0 Å². The summed E-state index contributed by atoms with van der Waals surface area (Å²) in [6, 6.07) is 78.8. The number of nitrogens with zero attached hydrogens (tertiary/aromatic N) is 2. The predicted molar refractivity (Wildman–Crippen MR) is 229 cm³/mol. The Bertz CT molecular complexity index is 2920. The lowest BCUT2D eigenvalue weighted by Gasteiger charge is -2.28. The molecule has 0 spiro atoms. The molecule has 0 aliphatic rings. The van der Waals surface area contributed by atoms with Gasteiger partial charge in [0.2, 0.25) is 0 Å². The molecule has 0 saturated carbocycles. The highest BCUT2D eigenvalue weighted by atomic mass is 15.1. The van der Waals surface area contributed by atoms with Crippen molar-refractivity contribution in [2.75, 3.05) is 4.90 Å². The van der Waals surface area contributed by atoms with Crippen molar-refractivity contribution in [3.05, 3.63) is 218 Å². The Labute approximate surface area is 315 Å². The highest BCUT2D eigenvalue weighted by Gasteiger charge is 2.20. The van der Waals surface area contributed by atoms with E-state index in [9.17, 15) is 0 Å². The molecule has 0 unspecified atom stereocenters. The Morgan fingerprint density at radius 2 is 0.907 bits per heavy atom. The van der Waals surface area contributed by atoms with Crippen molar-refractivity contribution in [2.45, 2.75) is 0 Å². The van der Waals surface area contributed by atoms with Crippen LogP contribution in [-0.2, 0) is 0 Å². The molecule has 0 aliphatic carbocycles. The van der Waals surface area contributed by atoms with Crippen molar-refractivity contribution >= 4 is 49.6 Å². The maximum atomic E-state index is 2.41. The highest BCUT2D eigenvalue weighted by Crippen LogP contribution is 2.44. The average molecular weight is 689 g/mol. The molecule has 0 atom stereocenters. The van der Waals surface area contributed by atoms with E-state index in [1.54, 1.807) is 0 Å². The van der Waals surface area contributed by atoms with Gasteiger partial charge in [-0.2, -0.15) is 0 Å². The summed E-state index contributed by atoms with van der Waals surface area (Å²) in [5.74, 6) is 0. The lowest BCUT2D eigenvalue weighted by molar-refractivity contribution is 1.18. The standard InChI is InChI=1S/C52H36N2/c1-3-16-38(17-4-1)46-25-9-11-29-49(46)53(42-34-32-39(33-35-42)45-27-14-19-37-18-7-8-24-44(37)45)43-23-13-20-40(36-43)47-28-15-31-51-52(47)48-26-10-12-30-50(48)54(51)41-21-5-2-6-22-41/h1-36H. The fourth-order valence-corrected chi connectivity index (χ4v) is 8.15. The lowest BCUT2D eigenvalue weighted by atomic mass is 9.97. The fraction of sp³-hybridized carbons (Fsp3) is 0. The number of hydrogen-bond acceptors (Lipinski definition) is 1. The third-order valence-electron chi connectivity index (χ3n) is 10.6. The van der Waals surface area contributed by atoms with Gasteiger partial charge in [0.25, 0.3) is 0 Å². The first-order chi connectivity index (χ1) is 26.8. The van der Waals surface area contributed by atoms with Crippen LogP contribution in [0.1, 0.15) is 0 Å². The van der Waals surface area contributed by atoms with E-state index in [1.165, 1.54) is 66.0 Å². The van der Waals surface area contributed by atoms with Gasteiger partial charge in [0.05, 0.1) is 16.7 Å². The zero-order valence-electron chi connectivity index (χ0n) is 29.7. The molecule has 2 nitrogen and oxygen atoms in total. The molecule has 9 aromatic carbocycles. The number of fused-ring (bicyclic) bond motifs is 4. The van der Waals surface area contributed by atoms with Crippen molar-refractivity contribution in [1.82, 2.24) is 4.57 Å². The fourth-order valence-electron chi connectivity index (χ4n) is 8.15. The first kappa shape index (κ1) is 31.6. The number of anilines is 3. The van der Waals surface area contributed by atoms with Crippen molar-refractivity contribution in [2.24, 2.45) is 0 Å². The summed E-state index contributed by atoms with van der Waals surface area (Å²) in [7, 11) is 0. The van der Waals surface area contributed by atoms with Gasteiger partial charge in [0.15, 0.2) is 0 Å². The summed E-state index contributed by atoms with van der Waals surface area (Å²) in [4.78, 5) is 2.41. The van der Waals surface area contributed by atoms with E-state index in [4.69, 9.17) is 0 Å². The highest BCUT2D eigenvalue weighted by molar-refractivity contribution is 6.16. The normalized spacial score (nSPS) is 11.3. The molecule has 0 aliphatic heterocycles. The van der Waals surface area contributed by atoms with E-state index >= 15 is 0 Å². The van der Waals surface area contributed by atoms with E-state index in [2.05, 4.69) is 228 Å². The van der Waals surface area contributed by atoms with E-state index in [1.807, 2.05) is 0 Å². The molecule has 1 heterocycles. The van der Waals surface area contributed by atoms with Crippen molar-refractivity contribution < 1.29 is 0 Å². The molecule has 1 aromatic heterocycles. The van der Waals surface area contributed by atoms with Crippen LogP contribution in [0.3, 0.4) is 0 Å². The van der Waals surface area contributed by atoms with Gasteiger partial charge in [-0.25, -0.2) is 0 Å². The third kappa shape index (κ3) is 5.44. The second kappa shape index (κ2) is 13.4. The summed E-state index contributed by atoms with van der Waals surface area (Å²) >= 11 is 0. The second-order valence-electron chi connectivity index (χ2n) is 13.7. The number of aromatic nitrogens is 1. The Kier molecular flexibility index (Phi) is 7.85. The zero-order valence-corrected chi connectivity index (χ0v) is 29.7. The molecule has 0 fully saturated rings. The van der Waals surface area contributed by atoms with Crippen LogP contribution in [0, 0.1) is 0 Å². The van der Waals surface area contributed by atoms with E-state index < -0.39 is 0 Å². The maximum Gasteiger partial charge on any atom is 0.0547 e. The van der Waals surface area contributed by atoms with Gasteiger partial charge in [0, 0.05) is 33.4 Å². The van der Waals surface area contributed by atoms with Crippen LogP contribution in [0.2, 0.25) is 0 Å². The van der Waals surface area contributed by atoms with Gasteiger partial charge in [-0.15, -0.1) is 0 Å². The van der Waals surface area contributed by atoms with Crippen LogP contribution in [0.15, 0.2) is 218 Å². The van der Waals surface area contributed by atoms with Crippen LogP contribution in [0.25, 0.3) is 71.6 Å². The quantitative estimate of drug-likeness (QED) is 0.162. The molecule has 0 bridgehead atoms. The number of hydrogen-bond donors (Lipinski definition) is 0. The molecule has 0 saturated heterocycles. The van der Waals surface area contributed by atoms with Gasteiger partial charge in [-0.3, -0.25) is 0 Å². The van der Waals surface area contributed by atoms with E-state index in [0.717, 1.165) is 22.7 Å². The first-order valence-electron chi connectivity index (χ1n) is 18.5.